The summed E-state index contributed by atoms with van der Waals surface area (Å²) in [6.07, 6.45) is 2.48. The van der Waals surface area contributed by atoms with E-state index in [0.717, 1.165) is 11.4 Å². The van der Waals surface area contributed by atoms with Crippen LogP contribution < -0.4 is 11.1 Å². The number of anilines is 1. The zero-order valence-electron chi connectivity index (χ0n) is 11.3. The molecule has 0 saturated heterocycles. The summed E-state index contributed by atoms with van der Waals surface area (Å²) in [6, 6.07) is 8.55. The second-order valence-electron chi connectivity index (χ2n) is 3.84. The minimum atomic E-state index is -0.913. The first kappa shape index (κ1) is 18.3. The number of carboxylic acids is 2. The van der Waals surface area contributed by atoms with E-state index in [1.807, 2.05) is 36.6 Å². The molecule has 0 aromatic heterocycles. The summed E-state index contributed by atoms with van der Waals surface area (Å²) in [5.41, 5.74) is 6.02. The fourth-order valence-corrected chi connectivity index (χ4v) is 1.59. The number of nitrogens with one attached hydrogen (secondary N) is 1. The molecule has 112 valence electrons. The van der Waals surface area contributed by atoms with E-state index in [2.05, 4.69) is 5.32 Å². The van der Waals surface area contributed by atoms with Crippen LogP contribution in [0.4, 0.5) is 5.69 Å². The highest BCUT2D eigenvalue weighted by Crippen LogP contribution is 2.03. The quantitative estimate of drug-likeness (QED) is 0.601. The monoisotopic (exact) mass is 300 g/mol. The van der Waals surface area contributed by atoms with Gasteiger partial charge in [0.1, 0.15) is 12.6 Å². The van der Waals surface area contributed by atoms with E-state index < -0.39 is 18.0 Å². The van der Waals surface area contributed by atoms with Crippen molar-refractivity contribution < 1.29 is 19.8 Å². The van der Waals surface area contributed by atoms with Crippen molar-refractivity contribution in [3.8, 4) is 0 Å². The molecule has 7 heteroatoms. The average molecular weight is 300 g/mol. The zero-order chi connectivity index (χ0) is 15.4. The molecule has 6 nitrogen and oxygen atoms in total. The number of benzene rings is 1. The highest BCUT2D eigenvalue weighted by atomic mass is 32.2. The fourth-order valence-electron chi connectivity index (χ4n) is 1.10. The molecule has 5 N–H and O–H groups in total. The van der Waals surface area contributed by atoms with Crippen molar-refractivity contribution in [2.45, 2.75) is 12.5 Å². The zero-order valence-corrected chi connectivity index (χ0v) is 12.1. The maximum atomic E-state index is 10.1. The standard InChI is InChI=1S/C8H9NO2.C5H11NO2S/c10-8(11)6-9-7-4-2-1-3-5-7;1-9-3-2-4(6)5(7)8/h1-5,9H,6H2,(H,10,11);4H,2-3,6H2,1H3,(H,7,8)/t;4-/m.1/s1. The van der Waals surface area contributed by atoms with Gasteiger partial charge in [-0.15, -0.1) is 0 Å². The minimum absolute atomic E-state index is 0.0377. The van der Waals surface area contributed by atoms with Crippen LogP contribution in [0, 0.1) is 0 Å². The Kier molecular flexibility index (Phi) is 10.2. The molecular weight excluding hydrogens is 280 g/mol. The summed E-state index contributed by atoms with van der Waals surface area (Å²) in [7, 11) is 0. The molecule has 0 saturated carbocycles. The molecule has 1 atom stereocenters. The van der Waals surface area contributed by atoms with Crippen LogP contribution in [0.15, 0.2) is 30.3 Å². The number of aliphatic carboxylic acids is 2. The molecule has 1 aromatic rings. The van der Waals surface area contributed by atoms with Gasteiger partial charge in [-0.1, -0.05) is 18.2 Å². The highest BCUT2D eigenvalue weighted by molar-refractivity contribution is 7.98. The van der Waals surface area contributed by atoms with E-state index in [4.69, 9.17) is 15.9 Å². The Labute approximate surface area is 122 Å². The number of carboxylic acid groups (broad SMARTS) is 2. The molecule has 0 bridgehead atoms. The van der Waals surface area contributed by atoms with Crippen LogP contribution in [0.3, 0.4) is 0 Å². The number of carbonyl (C=O) groups is 2. The van der Waals surface area contributed by atoms with Gasteiger partial charge in [-0.05, 0) is 30.6 Å². The summed E-state index contributed by atoms with van der Waals surface area (Å²) in [5.74, 6) is -0.953. The van der Waals surface area contributed by atoms with Crippen LogP contribution in [0.1, 0.15) is 6.42 Å². The van der Waals surface area contributed by atoms with Crippen molar-refractivity contribution in [2.75, 3.05) is 23.9 Å². The molecule has 20 heavy (non-hydrogen) atoms. The molecule has 0 unspecified atom stereocenters. The Morgan fingerprint density at radius 3 is 2.35 bits per heavy atom. The minimum Gasteiger partial charge on any atom is -0.480 e. The second-order valence-corrected chi connectivity index (χ2v) is 4.83. The Hall–Kier alpha value is -1.73. The Balaban J connectivity index is 0.000000370. The van der Waals surface area contributed by atoms with E-state index in [-0.39, 0.29) is 6.54 Å². The molecule has 0 heterocycles. The first-order valence-electron chi connectivity index (χ1n) is 5.95. The largest absolute Gasteiger partial charge is 0.480 e. The summed E-state index contributed by atoms with van der Waals surface area (Å²) < 4.78 is 0. The topological polar surface area (TPSA) is 113 Å². The van der Waals surface area contributed by atoms with Crippen LogP contribution in [0.25, 0.3) is 0 Å². The van der Waals surface area contributed by atoms with Crippen molar-refractivity contribution in [1.82, 2.24) is 0 Å². The summed E-state index contributed by atoms with van der Waals surface area (Å²) >= 11 is 1.60. The third-order valence-corrected chi connectivity index (χ3v) is 2.81. The number of thioether (sulfide) groups is 1. The molecule has 0 amide bonds. The van der Waals surface area contributed by atoms with Crippen molar-refractivity contribution in [2.24, 2.45) is 5.73 Å². The van der Waals surface area contributed by atoms with Crippen molar-refractivity contribution >= 4 is 29.4 Å². The van der Waals surface area contributed by atoms with Gasteiger partial charge in [0.05, 0.1) is 0 Å². The molecule has 0 spiro atoms. The van der Waals surface area contributed by atoms with E-state index >= 15 is 0 Å². The van der Waals surface area contributed by atoms with Gasteiger partial charge in [0.2, 0.25) is 0 Å². The number of hydrogen-bond donors (Lipinski definition) is 4. The maximum Gasteiger partial charge on any atom is 0.322 e. The molecule has 0 aliphatic heterocycles. The van der Waals surface area contributed by atoms with Crippen LogP contribution in [0.5, 0.6) is 0 Å². The average Bonchev–Trinajstić information content (AvgIpc) is 2.44. The van der Waals surface area contributed by atoms with E-state index in [9.17, 15) is 9.59 Å². The van der Waals surface area contributed by atoms with Crippen molar-refractivity contribution in [1.29, 1.82) is 0 Å². The molecule has 0 radical (unpaired) electrons. The first-order valence-corrected chi connectivity index (χ1v) is 7.34. The van der Waals surface area contributed by atoms with Gasteiger partial charge < -0.3 is 21.3 Å². The van der Waals surface area contributed by atoms with E-state index in [1.165, 1.54) is 0 Å². The lowest BCUT2D eigenvalue weighted by Crippen LogP contribution is -2.30. The third-order valence-electron chi connectivity index (χ3n) is 2.17. The molecule has 1 aromatic carbocycles. The fraction of sp³-hybridized carbons (Fsp3) is 0.385. The van der Waals surface area contributed by atoms with Crippen molar-refractivity contribution in [3.63, 3.8) is 0 Å². The smallest absolute Gasteiger partial charge is 0.322 e. The van der Waals surface area contributed by atoms with Gasteiger partial charge >= 0.3 is 11.9 Å². The van der Waals surface area contributed by atoms with Crippen LogP contribution in [-0.4, -0.2) is 46.7 Å². The van der Waals surface area contributed by atoms with Gasteiger partial charge in [0, 0.05) is 5.69 Å². The number of hydrogen-bond acceptors (Lipinski definition) is 5. The summed E-state index contributed by atoms with van der Waals surface area (Å²) in [5, 5.41) is 19.3. The number of para-hydroxylation sites is 1. The van der Waals surface area contributed by atoms with Crippen LogP contribution >= 0.6 is 11.8 Å². The van der Waals surface area contributed by atoms with Gasteiger partial charge in [-0.3, -0.25) is 9.59 Å². The lowest BCUT2D eigenvalue weighted by molar-refractivity contribution is -0.138. The van der Waals surface area contributed by atoms with E-state index in [0.29, 0.717) is 6.42 Å². The van der Waals surface area contributed by atoms with Gasteiger partial charge in [0.25, 0.3) is 0 Å². The molecule has 1 rings (SSSR count). The van der Waals surface area contributed by atoms with Crippen LogP contribution in [-0.2, 0) is 9.59 Å². The van der Waals surface area contributed by atoms with E-state index in [1.54, 1.807) is 11.8 Å². The number of nitrogens with two attached hydrogens (primary N) is 1. The normalized spacial score (nSPS) is 10.9. The lowest BCUT2D eigenvalue weighted by Gasteiger charge is -2.02. The van der Waals surface area contributed by atoms with Gasteiger partial charge in [-0.2, -0.15) is 11.8 Å². The third kappa shape index (κ3) is 10.2. The maximum absolute atomic E-state index is 10.1. The molecular formula is C13H20N2O4S. The highest BCUT2D eigenvalue weighted by Gasteiger charge is 2.08. The Bertz CT molecular complexity index is 401. The predicted octanol–water partition coefficient (Wildman–Crippen LogP) is 1.33. The SMILES string of the molecule is CSCC[C@@H](N)C(=O)O.O=C(O)CNc1ccccc1. The lowest BCUT2D eigenvalue weighted by atomic mass is 10.2. The molecule has 0 aliphatic carbocycles. The summed E-state index contributed by atoms with van der Waals surface area (Å²) in [4.78, 5) is 20.2. The molecule has 0 aliphatic rings. The van der Waals surface area contributed by atoms with Crippen LogP contribution in [0.2, 0.25) is 0 Å². The number of rotatable bonds is 7. The first-order chi connectivity index (χ1) is 9.47. The second kappa shape index (κ2) is 11.1. The van der Waals surface area contributed by atoms with Crippen molar-refractivity contribution in [3.05, 3.63) is 30.3 Å². The van der Waals surface area contributed by atoms with Gasteiger partial charge in [-0.25, -0.2) is 0 Å². The predicted molar refractivity (Wildman–Crippen MR) is 81.2 cm³/mol. The Morgan fingerprint density at radius 2 is 1.90 bits per heavy atom. The van der Waals surface area contributed by atoms with Gasteiger partial charge in [0.15, 0.2) is 0 Å². The summed E-state index contributed by atoms with van der Waals surface area (Å²) in [6.45, 7) is -0.0377. The molecule has 0 fully saturated rings. The Morgan fingerprint density at radius 1 is 1.30 bits per heavy atom.